The highest BCUT2D eigenvalue weighted by molar-refractivity contribution is 5.61. The Bertz CT molecular complexity index is 765. The molecule has 0 N–H and O–H groups in total. The van der Waals surface area contributed by atoms with Gasteiger partial charge >= 0.3 is 0 Å². The third-order valence-corrected chi connectivity index (χ3v) is 6.31. The van der Waals surface area contributed by atoms with Crippen LogP contribution in [0.4, 0.5) is 0 Å². The predicted octanol–water partition coefficient (Wildman–Crippen LogP) is 6.17. The normalized spacial score (nSPS) is 10.6. The van der Waals surface area contributed by atoms with Crippen LogP contribution in [0, 0.1) is 81.1 Å². The molecule has 0 saturated heterocycles. The molecule has 126 valence electrons. The van der Waals surface area contributed by atoms with Crippen molar-refractivity contribution in [3.8, 4) is 11.8 Å². The van der Waals surface area contributed by atoms with Crippen LogP contribution in [-0.4, -0.2) is 0 Å². The predicted molar refractivity (Wildman–Crippen MR) is 106 cm³/mol. The van der Waals surface area contributed by atoms with E-state index in [1.165, 1.54) is 66.8 Å². The first kappa shape index (κ1) is 18.3. The highest BCUT2D eigenvalue weighted by Crippen LogP contribution is 2.27. The van der Waals surface area contributed by atoms with E-state index in [1.807, 2.05) is 0 Å². The first-order valence-corrected chi connectivity index (χ1v) is 8.75. The first-order chi connectivity index (χ1) is 11.1. The quantitative estimate of drug-likeness (QED) is 0.509. The molecule has 0 heterocycles. The zero-order chi connectivity index (χ0) is 18.3. The minimum atomic E-state index is 1.20. The molecule has 24 heavy (non-hydrogen) atoms. The fourth-order valence-electron chi connectivity index (χ4n) is 3.50. The lowest BCUT2D eigenvalue weighted by atomic mass is 9.88. The van der Waals surface area contributed by atoms with Crippen molar-refractivity contribution in [1.82, 2.24) is 0 Å². The Morgan fingerprint density at radius 1 is 0.292 bits per heavy atom. The molecule has 0 saturated carbocycles. The molecule has 0 atom stereocenters. The van der Waals surface area contributed by atoms with Gasteiger partial charge in [-0.25, -0.2) is 0 Å². The molecule has 0 aromatic heterocycles. The Balaban J connectivity index is 2.74. The van der Waals surface area contributed by atoms with E-state index in [1.54, 1.807) is 0 Å². The fraction of sp³-hybridized carbons (Fsp3) is 0.417. The van der Waals surface area contributed by atoms with E-state index in [-0.39, 0.29) is 0 Å². The van der Waals surface area contributed by atoms with Crippen molar-refractivity contribution in [2.45, 2.75) is 69.2 Å². The van der Waals surface area contributed by atoms with Crippen molar-refractivity contribution in [3.63, 3.8) is 0 Å². The van der Waals surface area contributed by atoms with Crippen LogP contribution in [0.2, 0.25) is 0 Å². The van der Waals surface area contributed by atoms with Gasteiger partial charge < -0.3 is 0 Å². The second-order valence-corrected chi connectivity index (χ2v) is 7.25. The molecule has 0 bridgehead atoms. The van der Waals surface area contributed by atoms with Crippen molar-refractivity contribution in [3.05, 3.63) is 66.8 Å². The first-order valence-electron chi connectivity index (χ1n) is 8.75. The summed E-state index contributed by atoms with van der Waals surface area (Å²) in [5.74, 6) is 7.02. The Kier molecular flexibility index (Phi) is 4.95. The Morgan fingerprint density at radius 2 is 0.458 bits per heavy atom. The third kappa shape index (κ3) is 2.78. The van der Waals surface area contributed by atoms with Gasteiger partial charge in [0.25, 0.3) is 0 Å². The number of rotatable bonds is 0. The third-order valence-electron chi connectivity index (χ3n) is 6.31. The molecule has 2 aromatic rings. The van der Waals surface area contributed by atoms with Gasteiger partial charge in [-0.2, -0.15) is 0 Å². The Labute approximate surface area is 148 Å². The van der Waals surface area contributed by atoms with Crippen LogP contribution in [0.25, 0.3) is 0 Å². The summed E-state index contributed by atoms with van der Waals surface area (Å²) in [5.41, 5.74) is 15.9. The molecular weight excluding hydrogens is 288 g/mol. The van der Waals surface area contributed by atoms with Crippen LogP contribution >= 0.6 is 0 Å². The molecule has 2 aromatic carbocycles. The van der Waals surface area contributed by atoms with E-state index in [0.29, 0.717) is 0 Å². The van der Waals surface area contributed by atoms with Crippen LogP contribution < -0.4 is 0 Å². The van der Waals surface area contributed by atoms with E-state index in [0.717, 1.165) is 0 Å². The van der Waals surface area contributed by atoms with Crippen molar-refractivity contribution in [1.29, 1.82) is 0 Å². The zero-order valence-corrected chi connectivity index (χ0v) is 17.0. The van der Waals surface area contributed by atoms with Crippen LogP contribution in [0.15, 0.2) is 0 Å². The monoisotopic (exact) mass is 318 g/mol. The van der Waals surface area contributed by atoms with E-state index < -0.39 is 0 Å². The molecule has 0 amide bonds. The maximum atomic E-state index is 3.51. The highest BCUT2D eigenvalue weighted by atomic mass is 14.2. The lowest BCUT2D eigenvalue weighted by Crippen LogP contribution is -2.01. The SMILES string of the molecule is Cc1c(C)c(C)c(C#Cc2c(C)c(C)c(C)c(C)c2C)c(C)c1C. The molecule has 0 aliphatic heterocycles. The summed E-state index contributed by atoms with van der Waals surface area (Å²) < 4.78 is 0. The minimum absolute atomic E-state index is 1.20. The molecule has 0 radical (unpaired) electrons. The zero-order valence-electron chi connectivity index (χ0n) is 17.0. The fourth-order valence-corrected chi connectivity index (χ4v) is 3.50. The van der Waals surface area contributed by atoms with Crippen LogP contribution in [0.5, 0.6) is 0 Å². The van der Waals surface area contributed by atoms with Gasteiger partial charge in [-0.15, -0.1) is 0 Å². The summed E-state index contributed by atoms with van der Waals surface area (Å²) in [7, 11) is 0. The summed E-state index contributed by atoms with van der Waals surface area (Å²) >= 11 is 0. The number of benzene rings is 2. The van der Waals surface area contributed by atoms with Crippen LogP contribution in [0.3, 0.4) is 0 Å². The summed E-state index contributed by atoms with van der Waals surface area (Å²) in [6, 6.07) is 0. The summed E-state index contributed by atoms with van der Waals surface area (Å²) in [5, 5.41) is 0. The van der Waals surface area contributed by atoms with Crippen molar-refractivity contribution < 1.29 is 0 Å². The maximum Gasteiger partial charge on any atom is 0.0312 e. The van der Waals surface area contributed by atoms with Crippen molar-refractivity contribution >= 4 is 0 Å². The van der Waals surface area contributed by atoms with E-state index in [2.05, 4.69) is 81.1 Å². The molecule has 0 spiro atoms. The lowest BCUT2D eigenvalue weighted by molar-refractivity contribution is 1.16. The van der Waals surface area contributed by atoms with Gasteiger partial charge in [0.2, 0.25) is 0 Å². The highest BCUT2D eigenvalue weighted by Gasteiger charge is 2.12. The van der Waals surface area contributed by atoms with Crippen LogP contribution in [0.1, 0.15) is 66.8 Å². The van der Waals surface area contributed by atoms with Crippen molar-refractivity contribution in [2.24, 2.45) is 0 Å². The molecule has 0 unspecified atom stereocenters. The minimum Gasteiger partial charge on any atom is -0.0611 e. The van der Waals surface area contributed by atoms with E-state index in [4.69, 9.17) is 0 Å². The second-order valence-electron chi connectivity index (χ2n) is 7.25. The molecule has 0 fully saturated rings. The largest absolute Gasteiger partial charge is 0.0611 e. The van der Waals surface area contributed by atoms with Gasteiger partial charge in [-0.3, -0.25) is 0 Å². The average Bonchev–Trinajstić information content (AvgIpc) is 2.57. The number of hydrogen-bond acceptors (Lipinski definition) is 0. The summed E-state index contributed by atoms with van der Waals surface area (Å²) in [4.78, 5) is 0. The van der Waals surface area contributed by atoms with E-state index in [9.17, 15) is 0 Å². The van der Waals surface area contributed by atoms with Gasteiger partial charge in [0.15, 0.2) is 0 Å². The molecule has 0 nitrogen and oxygen atoms in total. The van der Waals surface area contributed by atoms with Crippen molar-refractivity contribution in [2.75, 3.05) is 0 Å². The van der Waals surface area contributed by atoms with E-state index >= 15 is 0 Å². The summed E-state index contributed by atoms with van der Waals surface area (Å²) in [6.07, 6.45) is 0. The second kappa shape index (κ2) is 6.48. The van der Waals surface area contributed by atoms with Gasteiger partial charge in [-0.1, -0.05) is 11.8 Å². The standard InChI is InChI=1S/C24H30/c1-13-15(3)19(7)23(20(8)16(13)4)11-12-24-21(9)17(5)14(2)18(6)22(24)10/h1-10H3. The smallest absolute Gasteiger partial charge is 0.0312 e. The van der Waals surface area contributed by atoms with Gasteiger partial charge in [-0.05, 0) is 125 Å². The van der Waals surface area contributed by atoms with Crippen LogP contribution in [-0.2, 0) is 0 Å². The average molecular weight is 319 g/mol. The van der Waals surface area contributed by atoms with Gasteiger partial charge in [0, 0.05) is 11.1 Å². The van der Waals surface area contributed by atoms with Gasteiger partial charge in [0.1, 0.15) is 0 Å². The Hall–Kier alpha value is -2.00. The molecule has 0 heteroatoms. The molecule has 0 aliphatic carbocycles. The molecule has 0 aliphatic rings. The maximum absolute atomic E-state index is 3.51. The lowest BCUT2D eigenvalue weighted by Gasteiger charge is -2.16. The topological polar surface area (TPSA) is 0 Å². The summed E-state index contributed by atoms with van der Waals surface area (Å²) in [6.45, 7) is 22.0. The number of hydrogen-bond donors (Lipinski definition) is 0. The molecular formula is C24H30. The molecule has 2 rings (SSSR count). The van der Waals surface area contributed by atoms with Gasteiger partial charge in [0.05, 0.1) is 0 Å². The Morgan fingerprint density at radius 3 is 0.667 bits per heavy atom.